The van der Waals surface area contributed by atoms with Gasteiger partial charge in [-0.15, -0.1) is 0 Å². The van der Waals surface area contributed by atoms with Gasteiger partial charge in [0.2, 0.25) is 0 Å². The van der Waals surface area contributed by atoms with E-state index in [-0.39, 0.29) is 6.42 Å². The van der Waals surface area contributed by atoms with E-state index in [0.717, 1.165) is 15.2 Å². The topological polar surface area (TPSA) is 66.4 Å². The highest BCUT2D eigenvalue weighted by molar-refractivity contribution is 9.10. The van der Waals surface area contributed by atoms with Crippen molar-refractivity contribution in [2.75, 3.05) is 0 Å². The van der Waals surface area contributed by atoms with E-state index in [2.05, 4.69) is 21.2 Å². The van der Waals surface area contributed by atoms with Crippen LogP contribution in [-0.2, 0) is 11.2 Å². The molecule has 2 N–H and O–H groups in total. The van der Waals surface area contributed by atoms with Gasteiger partial charge in [-0.2, -0.15) is 0 Å². The van der Waals surface area contributed by atoms with Crippen molar-refractivity contribution in [3.8, 4) is 0 Å². The molecule has 0 aliphatic rings. The van der Waals surface area contributed by atoms with Gasteiger partial charge in [-0.25, -0.2) is 4.79 Å². The van der Waals surface area contributed by atoms with Crippen LogP contribution in [0.4, 0.5) is 0 Å². The number of hydrogen-bond acceptors (Lipinski definition) is 2. The number of rotatable bonds is 5. The van der Waals surface area contributed by atoms with E-state index in [0.29, 0.717) is 16.1 Å². The summed E-state index contributed by atoms with van der Waals surface area (Å²) in [7, 11) is 0. The Balaban J connectivity index is 1.81. The number of hydrogen-bond donors (Lipinski definition) is 2. The van der Waals surface area contributed by atoms with E-state index in [9.17, 15) is 14.7 Å². The first-order valence-electron chi connectivity index (χ1n) is 7.90. The molecular weight excluding hydrogens is 418 g/mol. The number of carboxylic acid groups (broad SMARTS) is 1. The highest BCUT2D eigenvalue weighted by atomic mass is 79.9. The predicted molar refractivity (Wildman–Crippen MR) is 106 cm³/mol. The Labute approximate surface area is 163 Å². The van der Waals surface area contributed by atoms with Crippen LogP contribution in [0.15, 0.2) is 65.1 Å². The van der Waals surface area contributed by atoms with E-state index >= 15 is 0 Å². The molecule has 0 aliphatic heterocycles. The second kappa shape index (κ2) is 7.89. The normalized spacial score (nSPS) is 11.9. The second-order valence-electron chi connectivity index (χ2n) is 5.87. The summed E-state index contributed by atoms with van der Waals surface area (Å²) in [4.78, 5) is 24.1. The van der Waals surface area contributed by atoms with E-state index in [1.165, 1.54) is 0 Å². The zero-order valence-electron chi connectivity index (χ0n) is 13.6. The molecule has 26 heavy (non-hydrogen) atoms. The molecule has 4 nitrogen and oxygen atoms in total. The van der Waals surface area contributed by atoms with Gasteiger partial charge in [-0.3, -0.25) is 4.79 Å². The monoisotopic (exact) mass is 431 g/mol. The van der Waals surface area contributed by atoms with Gasteiger partial charge in [0.05, 0.1) is 0 Å². The molecule has 0 bridgehead atoms. The van der Waals surface area contributed by atoms with Crippen LogP contribution in [0.1, 0.15) is 15.9 Å². The van der Waals surface area contributed by atoms with E-state index in [1.54, 1.807) is 30.3 Å². The van der Waals surface area contributed by atoms with Gasteiger partial charge in [-0.1, -0.05) is 57.9 Å². The molecule has 1 atom stereocenters. The predicted octanol–water partition coefficient (Wildman–Crippen LogP) is 4.68. The smallest absolute Gasteiger partial charge is 0.326 e. The van der Waals surface area contributed by atoms with Crippen LogP contribution in [0, 0.1) is 0 Å². The van der Waals surface area contributed by atoms with Crippen LogP contribution in [0.3, 0.4) is 0 Å². The molecule has 0 saturated carbocycles. The van der Waals surface area contributed by atoms with E-state index < -0.39 is 17.9 Å². The van der Waals surface area contributed by atoms with Crippen molar-refractivity contribution >= 4 is 50.2 Å². The average Bonchev–Trinajstić information content (AvgIpc) is 2.63. The van der Waals surface area contributed by atoms with Crippen LogP contribution in [0.25, 0.3) is 10.8 Å². The molecule has 3 aromatic rings. The fourth-order valence-electron chi connectivity index (χ4n) is 2.69. The summed E-state index contributed by atoms with van der Waals surface area (Å²) >= 11 is 9.36. The van der Waals surface area contributed by atoms with Crippen LogP contribution < -0.4 is 5.32 Å². The summed E-state index contributed by atoms with van der Waals surface area (Å²) in [6.45, 7) is 0. The van der Waals surface area contributed by atoms with Crippen LogP contribution >= 0.6 is 27.5 Å². The highest BCUT2D eigenvalue weighted by Crippen LogP contribution is 2.23. The number of aliphatic carboxylic acids is 1. The molecule has 3 rings (SSSR count). The molecule has 132 valence electrons. The first-order chi connectivity index (χ1) is 12.4. The molecule has 0 spiro atoms. The lowest BCUT2D eigenvalue weighted by atomic mass is 10.0. The molecule has 1 amide bonds. The maximum atomic E-state index is 12.5. The third-order valence-electron chi connectivity index (χ3n) is 4.05. The fourth-order valence-corrected chi connectivity index (χ4v) is 3.30. The van der Waals surface area contributed by atoms with Crippen molar-refractivity contribution in [2.45, 2.75) is 12.5 Å². The molecule has 0 unspecified atom stereocenters. The van der Waals surface area contributed by atoms with Gasteiger partial charge < -0.3 is 10.4 Å². The van der Waals surface area contributed by atoms with Crippen LogP contribution in [0.2, 0.25) is 5.02 Å². The standard InChI is InChI=1S/C20H15BrClNO3/c21-17-8-7-16(22)10-15(17)11-18(20(25)26)23-19(24)14-6-5-12-3-1-2-4-13(12)9-14/h1-10,18H,11H2,(H,23,24)(H,25,26)/t18-/m1/s1. The number of carbonyl (C=O) groups excluding carboxylic acids is 1. The van der Waals surface area contributed by atoms with Crippen molar-refractivity contribution in [2.24, 2.45) is 0 Å². The first kappa shape index (κ1) is 18.4. The van der Waals surface area contributed by atoms with Gasteiger partial charge in [0, 0.05) is 21.5 Å². The van der Waals surface area contributed by atoms with Gasteiger partial charge in [0.15, 0.2) is 0 Å². The average molecular weight is 433 g/mol. The maximum Gasteiger partial charge on any atom is 0.326 e. The fraction of sp³-hybridized carbons (Fsp3) is 0.100. The van der Waals surface area contributed by atoms with Crippen LogP contribution in [-0.4, -0.2) is 23.0 Å². The maximum absolute atomic E-state index is 12.5. The SMILES string of the molecule is O=C(N[C@H](Cc1cc(Cl)ccc1Br)C(=O)O)c1ccc2ccccc2c1. The number of carbonyl (C=O) groups is 2. The Morgan fingerprint density at radius 3 is 2.50 bits per heavy atom. The van der Waals surface area contributed by atoms with Crippen molar-refractivity contribution in [3.05, 3.63) is 81.3 Å². The number of fused-ring (bicyclic) bond motifs is 1. The Bertz CT molecular complexity index is 990. The third kappa shape index (κ3) is 4.23. The largest absolute Gasteiger partial charge is 0.480 e. The number of halogens is 2. The number of carboxylic acids is 1. The molecule has 0 radical (unpaired) electrons. The summed E-state index contributed by atoms with van der Waals surface area (Å²) in [5.74, 6) is -1.53. The molecule has 6 heteroatoms. The van der Waals surface area contributed by atoms with Gasteiger partial charge in [-0.05, 0) is 46.7 Å². The number of amides is 1. The van der Waals surface area contributed by atoms with Crippen molar-refractivity contribution in [1.82, 2.24) is 5.32 Å². The second-order valence-corrected chi connectivity index (χ2v) is 7.16. The summed E-state index contributed by atoms with van der Waals surface area (Å²) in [5.41, 5.74) is 1.13. The summed E-state index contributed by atoms with van der Waals surface area (Å²) in [5, 5.41) is 14.5. The highest BCUT2D eigenvalue weighted by Gasteiger charge is 2.22. The third-order valence-corrected chi connectivity index (χ3v) is 5.06. The molecule has 0 fully saturated rings. The molecule has 0 aromatic heterocycles. The van der Waals surface area contributed by atoms with Crippen molar-refractivity contribution in [1.29, 1.82) is 0 Å². The Kier molecular flexibility index (Phi) is 5.59. The minimum atomic E-state index is -1.11. The lowest BCUT2D eigenvalue weighted by Crippen LogP contribution is -2.42. The quantitative estimate of drug-likeness (QED) is 0.615. The molecule has 3 aromatic carbocycles. The van der Waals surface area contributed by atoms with Crippen molar-refractivity contribution in [3.63, 3.8) is 0 Å². The van der Waals surface area contributed by atoms with E-state index in [1.807, 2.05) is 30.3 Å². The van der Waals surface area contributed by atoms with Crippen molar-refractivity contribution < 1.29 is 14.7 Å². The molecule has 0 saturated heterocycles. The number of nitrogens with one attached hydrogen (secondary N) is 1. The molecule has 0 heterocycles. The van der Waals surface area contributed by atoms with Gasteiger partial charge in [0.1, 0.15) is 6.04 Å². The zero-order valence-corrected chi connectivity index (χ0v) is 15.9. The number of benzene rings is 3. The lowest BCUT2D eigenvalue weighted by molar-refractivity contribution is -0.139. The van der Waals surface area contributed by atoms with Gasteiger partial charge in [0.25, 0.3) is 5.91 Å². The summed E-state index contributed by atoms with van der Waals surface area (Å²) in [6.07, 6.45) is 0.121. The summed E-state index contributed by atoms with van der Waals surface area (Å²) < 4.78 is 0.744. The minimum Gasteiger partial charge on any atom is -0.480 e. The zero-order chi connectivity index (χ0) is 18.7. The Morgan fingerprint density at radius 2 is 1.77 bits per heavy atom. The van der Waals surface area contributed by atoms with Crippen LogP contribution in [0.5, 0.6) is 0 Å². The first-order valence-corrected chi connectivity index (χ1v) is 9.07. The molecule has 0 aliphatic carbocycles. The summed E-state index contributed by atoms with van der Waals surface area (Å²) in [6, 6.07) is 17.0. The Morgan fingerprint density at radius 1 is 1.04 bits per heavy atom. The minimum absolute atomic E-state index is 0.121. The molecular formula is C20H15BrClNO3. The van der Waals surface area contributed by atoms with E-state index in [4.69, 9.17) is 11.6 Å². The Hall–Kier alpha value is -2.37. The van der Waals surface area contributed by atoms with Gasteiger partial charge >= 0.3 is 5.97 Å². The lowest BCUT2D eigenvalue weighted by Gasteiger charge is -2.16.